The van der Waals surface area contributed by atoms with Gasteiger partial charge in [-0.2, -0.15) is 0 Å². The van der Waals surface area contributed by atoms with E-state index in [4.69, 9.17) is 9.05 Å². The van der Waals surface area contributed by atoms with Gasteiger partial charge in [0.05, 0.1) is 18.5 Å². The molecule has 1 saturated heterocycles. The van der Waals surface area contributed by atoms with Crippen LogP contribution in [0.4, 0.5) is 0 Å². The van der Waals surface area contributed by atoms with Crippen molar-refractivity contribution in [3.63, 3.8) is 0 Å². The van der Waals surface area contributed by atoms with E-state index in [1.807, 2.05) is 24.4 Å². The van der Waals surface area contributed by atoms with Crippen molar-refractivity contribution in [3.8, 4) is 0 Å². The number of pyridine rings is 1. The van der Waals surface area contributed by atoms with Gasteiger partial charge in [-0.25, -0.2) is 4.98 Å². The third-order valence-electron chi connectivity index (χ3n) is 6.69. The van der Waals surface area contributed by atoms with Gasteiger partial charge in [-0.05, 0) is 48.2 Å². The molecule has 0 spiro atoms. The number of aromatic nitrogens is 2. The minimum absolute atomic E-state index is 0.107. The Bertz CT molecular complexity index is 1050. The first-order valence-electron chi connectivity index (χ1n) is 11.4. The summed E-state index contributed by atoms with van der Waals surface area (Å²) in [5.74, 6) is 1.01. The van der Waals surface area contributed by atoms with Crippen molar-refractivity contribution in [1.82, 2.24) is 9.97 Å². The second-order valence-corrected chi connectivity index (χ2v) is 11.9. The van der Waals surface area contributed by atoms with Crippen LogP contribution in [0.2, 0.25) is 0 Å². The molecule has 0 bridgehead atoms. The summed E-state index contributed by atoms with van der Waals surface area (Å²) in [4.78, 5) is 8.03. The molecule has 1 N–H and O–H groups in total. The van der Waals surface area contributed by atoms with E-state index in [0.29, 0.717) is 18.5 Å². The van der Waals surface area contributed by atoms with Crippen LogP contribution in [0.5, 0.6) is 0 Å². The minimum Gasteiger partial charge on any atom is -0.343 e. The predicted octanol–water partition coefficient (Wildman–Crippen LogP) is 6.17. The molecule has 1 saturated carbocycles. The minimum atomic E-state index is -3.24. The number of hydrogen-bond donors (Lipinski definition) is 1. The fraction of sp³-hybridized carbons (Fsp3) is 0.480. The van der Waals surface area contributed by atoms with Gasteiger partial charge in [-0.1, -0.05) is 51.7 Å². The number of H-pyrrole nitrogens is 1. The van der Waals surface area contributed by atoms with Crippen molar-refractivity contribution < 1.29 is 13.6 Å². The standard InChI is InChI=1S/C25H31N2O3P/c1-25(2)16-29-31(28,30-17-25)21-11-9-19(10-12-21)22(14-18-6-3-4-7-18)23-15-20-8-5-13-26-24(20)27-23/h5,8-13,15,18,22H,3-4,6-7,14,16-17H2,1-2H3,(H,26,27). The van der Waals surface area contributed by atoms with Gasteiger partial charge in [0.25, 0.3) is 0 Å². The molecule has 3 heterocycles. The zero-order chi connectivity index (χ0) is 21.5. The Labute approximate surface area is 184 Å². The monoisotopic (exact) mass is 438 g/mol. The van der Waals surface area contributed by atoms with E-state index in [1.165, 1.54) is 36.9 Å². The molecular formula is C25H31N2O3P. The first kappa shape index (κ1) is 20.9. The summed E-state index contributed by atoms with van der Waals surface area (Å²) in [6, 6.07) is 14.4. The molecule has 6 heteroatoms. The summed E-state index contributed by atoms with van der Waals surface area (Å²) in [6.45, 7) is 5.00. The molecule has 0 amide bonds. The Hall–Kier alpha value is -1.94. The summed E-state index contributed by atoms with van der Waals surface area (Å²) in [6.07, 6.45) is 8.22. The largest absolute Gasteiger partial charge is 0.361 e. The van der Waals surface area contributed by atoms with E-state index in [1.54, 1.807) is 0 Å². The van der Waals surface area contributed by atoms with Crippen LogP contribution in [-0.2, 0) is 13.6 Å². The Morgan fingerprint density at radius 2 is 1.84 bits per heavy atom. The molecule has 1 atom stereocenters. The molecule has 5 rings (SSSR count). The molecule has 0 radical (unpaired) electrons. The number of fused-ring (bicyclic) bond motifs is 1. The van der Waals surface area contributed by atoms with E-state index in [2.05, 4.69) is 48.1 Å². The van der Waals surface area contributed by atoms with Crippen molar-refractivity contribution >= 4 is 23.9 Å². The van der Waals surface area contributed by atoms with Crippen LogP contribution < -0.4 is 5.30 Å². The average molecular weight is 439 g/mol. The van der Waals surface area contributed by atoms with Crippen LogP contribution >= 0.6 is 7.60 Å². The van der Waals surface area contributed by atoms with Crippen LogP contribution in [0.1, 0.15) is 63.1 Å². The van der Waals surface area contributed by atoms with Crippen LogP contribution in [0.3, 0.4) is 0 Å². The zero-order valence-electron chi connectivity index (χ0n) is 18.3. The second-order valence-electron chi connectivity index (χ2n) is 9.90. The van der Waals surface area contributed by atoms with Crippen LogP contribution in [-0.4, -0.2) is 23.2 Å². The second kappa shape index (κ2) is 8.20. The van der Waals surface area contributed by atoms with E-state index in [0.717, 1.165) is 23.4 Å². The van der Waals surface area contributed by atoms with Crippen molar-refractivity contribution in [1.29, 1.82) is 0 Å². The Morgan fingerprint density at radius 1 is 1.13 bits per heavy atom. The van der Waals surface area contributed by atoms with Gasteiger partial charge >= 0.3 is 7.60 Å². The lowest BCUT2D eigenvalue weighted by atomic mass is 9.86. The maximum Gasteiger partial charge on any atom is 0.361 e. The number of nitrogens with one attached hydrogen (secondary N) is 1. The van der Waals surface area contributed by atoms with Crippen molar-refractivity contribution in [2.45, 2.75) is 51.9 Å². The molecule has 31 heavy (non-hydrogen) atoms. The topological polar surface area (TPSA) is 64.2 Å². The van der Waals surface area contributed by atoms with E-state index in [9.17, 15) is 4.57 Å². The lowest BCUT2D eigenvalue weighted by molar-refractivity contribution is 0.0463. The quantitative estimate of drug-likeness (QED) is 0.484. The third-order valence-corrected chi connectivity index (χ3v) is 8.56. The highest BCUT2D eigenvalue weighted by atomic mass is 31.2. The fourth-order valence-corrected chi connectivity index (χ4v) is 6.75. The molecule has 2 aromatic heterocycles. The van der Waals surface area contributed by atoms with E-state index in [-0.39, 0.29) is 11.3 Å². The Morgan fingerprint density at radius 3 is 2.52 bits per heavy atom. The highest BCUT2D eigenvalue weighted by Crippen LogP contribution is 2.52. The van der Waals surface area contributed by atoms with Crippen molar-refractivity contribution in [2.75, 3.05) is 13.2 Å². The lowest BCUT2D eigenvalue weighted by Crippen LogP contribution is -2.31. The maximum atomic E-state index is 13.2. The number of aromatic amines is 1. The molecular weight excluding hydrogens is 407 g/mol. The van der Waals surface area contributed by atoms with Gasteiger partial charge in [0.2, 0.25) is 0 Å². The summed E-state index contributed by atoms with van der Waals surface area (Å²) in [5.41, 5.74) is 3.25. The molecule has 1 unspecified atom stereocenters. The third kappa shape index (κ3) is 4.37. The van der Waals surface area contributed by atoms with Crippen LogP contribution in [0, 0.1) is 11.3 Å². The zero-order valence-corrected chi connectivity index (χ0v) is 19.2. The van der Waals surface area contributed by atoms with Crippen molar-refractivity contribution in [2.24, 2.45) is 11.3 Å². The number of benzene rings is 1. The van der Waals surface area contributed by atoms with Crippen LogP contribution in [0.25, 0.3) is 11.0 Å². The first-order chi connectivity index (χ1) is 14.9. The number of hydrogen-bond acceptors (Lipinski definition) is 4. The molecule has 1 aliphatic heterocycles. The maximum absolute atomic E-state index is 13.2. The number of rotatable bonds is 5. The average Bonchev–Trinajstić information content (AvgIpc) is 3.44. The summed E-state index contributed by atoms with van der Waals surface area (Å²) in [5, 5.41) is 1.78. The highest BCUT2D eigenvalue weighted by molar-refractivity contribution is 7.62. The summed E-state index contributed by atoms with van der Waals surface area (Å²) in [7, 11) is -3.24. The van der Waals surface area contributed by atoms with Gasteiger partial charge < -0.3 is 14.0 Å². The molecule has 2 fully saturated rings. The van der Waals surface area contributed by atoms with Gasteiger partial charge in [0, 0.05) is 28.6 Å². The summed E-state index contributed by atoms with van der Waals surface area (Å²) < 4.78 is 24.6. The van der Waals surface area contributed by atoms with Gasteiger partial charge in [-0.15, -0.1) is 0 Å². The van der Waals surface area contributed by atoms with Gasteiger partial charge in [-0.3, -0.25) is 4.57 Å². The Balaban J connectivity index is 1.44. The van der Waals surface area contributed by atoms with E-state index >= 15 is 0 Å². The SMILES string of the molecule is CC1(C)COP(=O)(c2ccc(C(CC3CCCC3)c3cc4cccnc4[nH]3)cc2)OC1. The molecule has 3 aromatic rings. The Kier molecular flexibility index (Phi) is 5.54. The smallest absolute Gasteiger partial charge is 0.343 e. The molecule has 2 aliphatic rings. The van der Waals surface area contributed by atoms with Gasteiger partial charge in [0.15, 0.2) is 0 Å². The fourth-order valence-electron chi connectivity index (χ4n) is 4.83. The van der Waals surface area contributed by atoms with Crippen molar-refractivity contribution in [3.05, 3.63) is 59.9 Å². The number of nitrogens with zero attached hydrogens (tertiary/aromatic N) is 1. The lowest BCUT2D eigenvalue weighted by Gasteiger charge is -2.34. The van der Waals surface area contributed by atoms with Gasteiger partial charge in [0.1, 0.15) is 5.65 Å². The first-order valence-corrected chi connectivity index (χ1v) is 12.9. The molecule has 5 nitrogen and oxygen atoms in total. The molecule has 1 aromatic carbocycles. The molecule has 164 valence electrons. The predicted molar refractivity (Wildman–Crippen MR) is 124 cm³/mol. The normalized spacial score (nSPS) is 22.0. The summed E-state index contributed by atoms with van der Waals surface area (Å²) >= 11 is 0. The van der Waals surface area contributed by atoms with Crippen LogP contribution in [0.15, 0.2) is 48.7 Å². The van der Waals surface area contributed by atoms with E-state index < -0.39 is 7.60 Å². The molecule has 1 aliphatic carbocycles. The highest BCUT2D eigenvalue weighted by Gasteiger charge is 2.38.